The first-order valence-electron chi connectivity index (χ1n) is 7.35. The molecule has 0 bridgehead atoms. The maximum absolute atomic E-state index is 12.6. The number of carbonyl (C=O) groups excluding carboxylic acids is 3. The molecule has 5 heteroatoms. The van der Waals surface area contributed by atoms with Crippen molar-refractivity contribution in [2.24, 2.45) is 5.41 Å². The van der Waals surface area contributed by atoms with Crippen molar-refractivity contribution in [1.29, 1.82) is 0 Å². The zero-order valence-electron chi connectivity index (χ0n) is 11.8. The number of urea groups is 1. The van der Waals surface area contributed by atoms with E-state index in [1.165, 1.54) is 4.90 Å². The molecule has 0 unspecified atom stereocenters. The highest BCUT2D eigenvalue weighted by molar-refractivity contribution is 6.19. The van der Waals surface area contributed by atoms with Crippen molar-refractivity contribution in [2.75, 3.05) is 6.54 Å². The number of amides is 4. The number of nitrogens with zero attached hydrogens (tertiary/aromatic N) is 1. The van der Waals surface area contributed by atoms with E-state index < -0.39 is 17.4 Å². The zero-order chi connectivity index (χ0) is 14.9. The molecule has 1 N–H and O–H groups in total. The van der Waals surface area contributed by atoms with Crippen molar-refractivity contribution in [3.8, 4) is 0 Å². The SMILES string of the molecule is O=C1NC(=O)C2(CCCC2)C(=O)N1CCc1ccccc1. The second-order valence-corrected chi connectivity index (χ2v) is 5.74. The van der Waals surface area contributed by atoms with Crippen LogP contribution >= 0.6 is 0 Å². The molecule has 1 saturated heterocycles. The van der Waals surface area contributed by atoms with Crippen molar-refractivity contribution < 1.29 is 14.4 Å². The monoisotopic (exact) mass is 286 g/mol. The van der Waals surface area contributed by atoms with Gasteiger partial charge in [0.05, 0.1) is 0 Å². The van der Waals surface area contributed by atoms with Gasteiger partial charge in [-0.1, -0.05) is 43.2 Å². The van der Waals surface area contributed by atoms with Gasteiger partial charge in [-0.25, -0.2) is 4.79 Å². The molecule has 2 fully saturated rings. The lowest BCUT2D eigenvalue weighted by atomic mass is 9.82. The van der Waals surface area contributed by atoms with Crippen LogP contribution in [0, 0.1) is 5.41 Å². The minimum absolute atomic E-state index is 0.309. The molecular weight excluding hydrogens is 268 g/mol. The van der Waals surface area contributed by atoms with Crippen LogP contribution in [0.4, 0.5) is 4.79 Å². The Labute approximate surface area is 123 Å². The number of carbonyl (C=O) groups is 3. The highest BCUT2D eigenvalue weighted by Crippen LogP contribution is 2.41. The van der Waals surface area contributed by atoms with E-state index in [9.17, 15) is 14.4 Å². The van der Waals surface area contributed by atoms with Crippen molar-refractivity contribution in [3.05, 3.63) is 35.9 Å². The van der Waals surface area contributed by atoms with Gasteiger partial charge in [-0.05, 0) is 24.8 Å². The molecule has 0 aromatic heterocycles. The predicted molar refractivity (Wildman–Crippen MR) is 76.3 cm³/mol. The Bertz CT molecular complexity index is 576. The molecule has 110 valence electrons. The minimum atomic E-state index is -0.995. The molecule has 1 aliphatic heterocycles. The molecule has 1 aliphatic carbocycles. The van der Waals surface area contributed by atoms with Crippen LogP contribution in [0.15, 0.2) is 30.3 Å². The second-order valence-electron chi connectivity index (χ2n) is 5.74. The van der Waals surface area contributed by atoms with Gasteiger partial charge in [0.1, 0.15) is 5.41 Å². The summed E-state index contributed by atoms with van der Waals surface area (Å²) in [5.74, 6) is -0.726. The normalized spacial score (nSPS) is 21.0. The first-order chi connectivity index (χ1) is 10.1. The van der Waals surface area contributed by atoms with E-state index in [1.807, 2.05) is 30.3 Å². The molecule has 4 amide bonds. The molecule has 1 heterocycles. The lowest BCUT2D eigenvalue weighted by Gasteiger charge is -2.36. The smallest absolute Gasteiger partial charge is 0.277 e. The van der Waals surface area contributed by atoms with Gasteiger partial charge in [-0.2, -0.15) is 0 Å². The number of rotatable bonds is 3. The molecule has 5 nitrogen and oxygen atoms in total. The average molecular weight is 286 g/mol. The lowest BCUT2D eigenvalue weighted by Crippen LogP contribution is -2.63. The molecule has 2 aliphatic rings. The summed E-state index contributed by atoms with van der Waals surface area (Å²) >= 11 is 0. The lowest BCUT2D eigenvalue weighted by molar-refractivity contribution is -0.151. The van der Waals surface area contributed by atoms with Crippen LogP contribution in [0.1, 0.15) is 31.2 Å². The highest BCUT2D eigenvalue weighted by atomic mass is 16.2. The Balaban J connectivity index is 1.76. The van der Waals surface area contributed by atoms with Crippen LogP contribution in [-0.4, -0.2) is 29.3 Å². The van der Waals surface area contributed by atoms with Gasteiger partial charge in [0.2, 0.25) is 11.8 Å². The largest absolute Gasteiger partial charge is 0.330 e. The van der Waals surface area contributed by atoms with E-state index in [0.717, 1.165) is 18.4 Å². The van der Waals surface area contributed by atoms with E-state index in [2.05, 4.69) is 5.32 Å². The fraction of sp³-hybridized carbons (Fsp3) is 0.438. The number of barbiturate groups is 1. The summed E-state index contributed by atoms with van der Waals surface area (Å²) in [5.41, 5.74) is 0.0698. The van der Waals surface area contributed by atoms with Crippen molar-refractivity contribution in [2.45, 2.75) is 32.1 Å². The van der Waals surface area contributed by atoms with E-state index in [0.29, 0.717) is 25.8 Å². The molecule has 1 spiro atoms. The third-order valence-electron chi connectivity index (χ3n) is 4.48. The van der Waals surface area contributed by atoms with Gasteiger partial charge in [0.25, 0.3) is 0 Å². The van der Waals surface area contributed by atoms with Gasteiger partial charge in [0, 0.05) is 6.54 Å². The summed E-state index contributed by atoms with van der Waals surface area (Å²) < 4.78 is 0. The number of hydrogen-bond acceptors (Lipinski definition) is 3. The third kappa shape index (κ3) is 2.33. The molecule has 1 aromatic carbocycles. The van der Waals surface area contributed by atoms with E-state index in [1.54, 1.807) is 0 Å². The Kier molecular flexibility index (Phi) is 3.49. The van der Waals surface area contributed by atoms with Gasteiger partial charge >= 0.3 is 6.03 Å². The summed E-state index contributed by atoms with van der Waals surface area (Å²) in [5, 5.41) is 2.36. The van der Waals surface area contributed by atoms with Gasteiger partial charge in [-0.3, -0.25) is 19.8 Å². The van der Waals surface area contributed by atoms with E-state index in [-0.39, 0.29) is 5.91 Å². The molecule has 0 atom stereocenters. The van der Waals surface area contributed by atoms with Crippen LogP contribution in [0.5, 0.6) is 0 Å². The van der Waals surface area contributed by atoms with Crippen molar-refractivity contribution >= 4 is 17.8 Å². The van der Waals surface area contributed by atoms with Crippen LogP contribution in [0.25, 0.3) is 0 Å². The predicted octanol–water partition coefficient (Wildman–Crippen LogP) is 1.87. The fourth-order valence-corrected chi connectivity index (χ4v) is 3.24. The summed E-state index contributed by atoms with van der Waals surface area (Å²) in [7, 11) is 0. The quantitative estimate of drug-likeness (QED) is 0.863. The Morgan fingerprint density at radius 2 is 1.71 bits per heavy atom. The standard InChI is InChI=1S/C16H18N2O3/c19-13-16(9-4-5-10-16)14(20)18(15(21)17-13)11-8-12-6-2-1-3-7-12/h1-3,6-7H,4-5,8-11H2,(H,17,19,21). The van der Waals surface area contributed by atoms with Gasteiger partial charge in [-0.15, -0.1) is 0 Å². The first kappa shape index (κ1) is 13.8. The van der Waals surface area contributed by atoms with Crippen LogP contribution in [0.2, 0.25) is 0 Å². The highest BCUT2D eigenvalue weighted by Gasteiger charge is 2.54. The molecule has 0 radical (unpaired) electrons. The van der Waals surface area contributed by atoms with E-state index in [4.69, 9.17) is 0 Å². The Morgan fingerprint density at radius 1 is 1.05 bits per heavy atom. The van der Waals surface area contributed by atoms with Gasteiger partial charge in [0.15, 0.2) is 0 Å². The number of benzene rings is 1. The molecule has 21 heavy (non-hydrogen) atoms. The summed E-state index contributed by atoms with van der Waals surface area (Å²) in [6.45, 7) is 0.309. The minimum Gasteiger partial charge on any atom is -0.277 e. The van der Waals surface area contributed by atoms with E-state index >= 15 is 0 Å². The maximum Gasteiger partial charge on any atom is 0.330 e. The van der Waals surface area contributed by atoms with Crippen LogP contribution in [0.3, 0.4) is 0 Å². The fourth-order valence-electron chi connectivity index (χ4n) is 3.24. The number of imide groups is 2. The molecule has 1 saturated carbocycles. The maximum atomic E-state index is 12.6. The van der Waals surface area contributed by atoms with Gasteiger partial charge < -0.3 is 0 Å². The first-order valence-corrected chi connectivity index (χ1v) is 7.35. The third-order valence-corrected chi connectivity index (χ3v) is 4.48. The second kappa shape index (κ2) is 5.31. The Hall–Kier alpha value is -2.17. The average Bonchev–Trinajstić information content (AvgIpc) is 2.97. The summed E-state index contributed by atoms with van der Waals surface area (Å²) in [4.78, 5) is 37.9. The molecule has 1 aromatic rings. The van der Waals surface area contributed by atoms with Crippen molar-refractivity contribution in [3.63, 3.8) is 0 Å². The number of nitrogens with one attached hydrogen (secondary N) is 1. The zero-order valence-corrected chi connectivity index (χ0v) is 11.8. The van der Waals surface area contributed by atoms with Crippen LogP contribution in [-0.2, 0) is 16.0 Å². The summed E-state index contributed by atoms with van der Waals surface area (Å²) in [6, 6.07) is 9.11. The van der Waals surface area contributed by atoms with Crippen molar-refractivity contribution in [1.82, 2.24) is 10.2 Å². The number of hydrogen-bond donors (Lipinski definition) is 1. The summed E-state index contributed by atoms with van der Waals surface area (Å²) in [6.07, 6.45) is 3.42. The Morgan fingerprint density at radius 3 is 2.38 bits per heavy atom. The molecular formula is C16H18N2O3. The van der Waals surface area contributed by atoms with Crippen LogP contribution < -0.4 is 5.32 Å². The topological polar surface area (TPSA) is 66.5 Å². The molecule has 3 rings (SSSR count).